The van der Waals surface area contributed by atoms with Crippen LogP contribution < -0.4 is 5.56 Å². The van der Waals surface area contributed by atoms with Gasteiger partial charge < -0.3 is 9.30 Å². The molecule has 0 amide bonds. The molecule has 0 saturated heterocycles. The normalized spacial score (nSPS) is 15.1. The van der Waals surface area contributed by atoms with E-state index in [-0.39, 0.29) is 11.5 Å². The zero-order valence-electron chi connectivity index (χ0n) is 15.9. The highest BCUT2D eigenvalue weighted by Crippen LogP contribution is 2.32. The quantitative estimate of drug-likeness (QED) is 0.382. The Morgan fingerprint density at radius 1 is 1.21 bits per heavy atom. The number of benzene rings is 1. The van der Waals surface area contributed by atoms with Gasteiger partial charge in [-0.2, -0.15) is 4.68 Å². The number of ether oxygens (including phenoxy) is 1. The molecule has 0 saturated carbocycles. The number of esters is 1. The van der Waals surface area contributed by atoms with Crippen molar-refractivity contribution in [1.82, 2.24) is 19.3 Å². The largest absolute Gasteiger partial charge is 0.468 e. The molecule has 0 aromatic heterocycles. The van der Waals surface area contributed by atoms with Gasteiger partial charge in [0.25, 0.3) is 5.56 Å². The van der Waals surface area contributed by atoms with Crippen molar-refractivity contribution in [2.24, 2.45) is 0 Å². The Morgan fingerprint density at radius 2 is 2.00 bits per heavy atom. The van der Waals surface area contributed by atoms with Gasteiger partial charge in [-0.3, -0.25) is 9.59 Å². The molecule has 0 aliphatic carbocycles. The van der Waals surface area contributed by atoms with Crippen LogP contribution in [0.15, 0.2) is 40.3 Å². The zero-order chi connectivity index (χ0) is 19.7. The highest BCUT2D eigenvalue weighted by molar-refractivity contribution is 8.00. The number of hydrogen-bond acceptors (Lipinski definition) is 6. The third kappa shape index (κ3) is 3.32. The number of fused-ring (bicyclic) bond motifs is 3. The maximum Gasteiger partial charge on any atom is 0.318 e. The number of carbonyl (C=O) groups is 1. The van der Waals surface area contributed by atoms with Gasteiger partial charge >= 0.3 is 5.97 Å². The molecule has 1 aromatic carbocycles. The highest BCUT2D eigenvalue weighted by atomic mass is 32.2. The number of methoxy groups -OCH3 is 1. The molecule has 1 aromatic rings. The summed E-state index contributed by atoms with van der Waals surface area (Å²) in [4.78, 5) is 29.8. The Balaban J connectivity index is 1.89. The SMILES string of the molecule is COC(=O)C(C)Sc1nc2nn(-c3ccccc3)c(=O)c-2c2n1CCCCC2. The third-order valence-electron chi connectivity index (χ3n) is 4.98. The Hall–Kier alpha value is -2.61. The number of nitrogens with zero attached hydrogens (tertiary/aromatic N) is 4. The van der Waals surface area contributed by atoms with Crippen molar-refractivity contribution >= 4 is 17.7 Å². The first-order valence-electron chi connectivity index (χ1n) is 9.42. The summed E-state index contributed by atoms with van der Waals surface area (Å²) < 4.78 is 8.37. The predicted molar refractivity (Wildman–Crippen MR) is 107 cm³/mol. The fourth-order valence-electron chi connectivity index (χ4n) is 3.56. The summed E-state index contributed by atoms with van der Waals surface area (Å²) in [7, 11) is 1.38. The summed E-state index contributed by atoms with van der Waals surface area (Å²) >= 11 is 1.35. The second-order valence-electron chi connectivity index (χ2n) is 6.84. The minimum absolute atomic E-state index is 0.142. The van der Waals surface area contributed by atoms with Crippen molar-refractivity contribution in [3.05, 3.63) is 46.4 Å². The van der Waals surface area contributed by atoms with Crippen LogP contribution >= 0.6 is 11.8 Å². The summed E-state index contributed by atoms with van der Waals surface area (Å²) in [6.07, 6.45) is 3.94. The summed E-state index contributed by atoms with van der Waals surface area (Å²) in [5.74, 6) is 0.135. The van der Waals surface area contributed by atoms with Crippen LogP contribution in [0.2, 0.25) is 0 Å². The van der Waals surface area contributed by atoms with E-state index in [1.54, 1.807) is 6.92 Å². The van der Waals surface area contributed by atoms with Crippen LogP contribution in [0, 0.1) is 0 Å². The standard InChI is InChI=1S/C20H22N4O3S/c1-13(19(26)27-2)28-20-21-17-16(15-11-7-4-8-12-23(15)20)18(25)24(22-17)14-9-5-3-6-10-14/h3,5-6,9-10,13H,4,7-8,11-12H2,1-2H3. The lowest BCUT2D eigenvalue weighted by molar-refractivity contribution is -0.139. The molecule has 0 fully saturated rings. The molecule has 3 aliphatic rings. The molecular formula is C20H22N4O3S. The number of aromatic nitrogens is 4. The van der Waals surface area contributed by atoms with Crippen LogP contribution in [-0.2, 0) is 22.5 Å². The number of hydrogen-bond donors (Lipinski definition) is 0. The fraction of sp³-hybridized carbons (Fsp3) is 0.400. The van der Waals surface area contributed by atoms with Gasteiger partial charge in [0.2, 0.25) is 0 Å². The second kappa shape index (κ2) is 7.79. The molecule has 4 rings (SSSR count). The molecule has 1 unspecified atom stereocenters. The molecule has 7 nitrogen and oxygen atoms in total. The number of carbonyl (C=O) groups excluding carboxylic acids is 1. The molecule has 28 heavy (non-hydrogen) atoms. The van der Waals surface area contributed by atoms with E-state index in [0.29, 0.717) is 16.5 Å². The van der Waals surface area contributed by atoms with Crippen molar-refractivity contribution < 1.29 is 9.53 Å². The summed E-state index contributed by atoms with van der Waals surface area (Å²) in [5.41, 5.74) is 2.13. The van der Waals surface area contributed by atoms with Crippen molar-refractivity contribution in [3.8, 4) is 17.1 Å². The van der Waals surface area contributed by atoms with Gasteiger partial charge in [0.15, 0.2) is 11.0 Å². The lowest BCUT2D eigenvalue weighted by Gasteiger charge is -2.19. The topological polar surface area (TPSA) is 79.0 Å². The fourth-order valence-corrected chi connectivity index (χ4v) is 4.54. The summed E-state index contributed by atoms with van der Waals surface area (Å²) in [5, 5.41) is 4.82. The lowest BCUT2D eigenvalue weighted by atomic mass is 10.1. The molecule has 3 aliphatic heterocycles. The second-order valence-corrected chi connectivity index (χ2v) is 8.15. The van der Waals surface area contributed by atoms with E-state index in [9.17, 15) is 9.59 Å². The zero-order valence-corrected chi connectivity index (χ0v) is 16.7. The highest BCUT2D eigenvalue weighted by Gasteiger charge is 2.28. The van der Waals surface area contributed by atoms with Crippen LogP contribution in [0.3, 0.4) is 0 Å². The smallest absolute Gasteiger partial charge is 0.318 e. The Kier molecular flexibility index (Phi) is 5.21. The minimum atomic E-state index is -0.391. The Labute approximate surface area is 167 Å². The van der Waals surface area contributed by atoms with Crippen LogP contribution in [0.25, 0.3) is 17.1 Å². The van der Waals surface area contributed by atoms with Gasteiger partial charge in [0, 0.05) is 12.2 Å². The number of rotatable bonds is 4. The van der Waals surface area contributed by atoms with E-state index < -0.39 is 5.25 Å². The van der Waals surface area contributed by atoms with E-state index in [1.165, 1.54) is 23.6 Å². The van der Waals surface area contributed by atoms with Crippen molar-refractivity contribution in [3.63, 3.8) is 0 Å². The molecule has 8 heteroatoms. The van der Waals surface area contributed by atoms with Crippen LogP contribution in [0.1, 0.15) is 31.9 Å². The van der Waals surface area contributed by atoms with E-state index in [0.717, 1.165) is 43.6 Å². The van der Waals surface area contributed by atoms with Crippen molar-refractivity contribution in [1.29, 1.82) is 0 Å². The lowest BCUT2D eigenvalue weighted by Crippen LogP contribution is -2.21. The molecule has 0 N–H and O–H groups in total. The number of thioether (sulfide) groups is 1. The van der Waals surface area contributed by atoms with E-state index in [2.05, 4.69) is 14.6 Å². The Morgan fingerprint density at radius 3 is 2.75 bits per heavy atom. The van der Waals surface area contributed by atoms with Crippen LogP contribution in [-0.4, -0.2) is 37.7 Å². The first-order valence-corrected chi connectivity index (χ1v) is 10.3. The molecule has 146 valence electrons. The first-order chi connectivity index (χ1) is 13.6. The molecule has 0 radical (unpaired) electrons. The molecule has 3 heterocycles. The monoisotopic (exact) mass is 398 g/mol. The van der Waals surface area contributed by atoms with Gasteiger partial charge in [-0.15, -0.1) is 5.10 Å². The predicted octanol–water partition coefficient (Wildman–Crippen LogP) is 2.91. The molecule has 0 bridgehead atoms. The van der Waals surface area contributed by atoms with Crippen molar-refractivity contribution in [2.45, 2.75) is 49.6 Å². The minimum Gasteiger partial charge on any atom is -0.468 e. The average molecular weight is 398 g/mol. The maximum absolute atomic E-state index is 13.2. The first kappa shape index (κ1) is 18.7. The van der Waals surface area contributed by atoms with Gasteiger partial charge in [-0.1, -0.05) is 36.4 Å². The molecular weight excluding hydrogens is 376 g/mol. The van der Waals surface area contributed by atoms with Gasteiger partial charge in [-0.25, -0.2) is 4.98 Å². The third-order valence-corrected chi connectivity index (χ3v) is 6.05. The molecule has 0 spiro atoms. The van der Waals surface area contributed by atoms with Gasteiger partial charge in [-0.05, 0) is 38.3 Å². The molecule has 1 atom stereocenters. The maximum atomic E-state index is 13.2. The van der Waals surface area contributed by atoms with Crippen molar-refractivity contribution in [2.75, 3.05) is 7.11 Å². The van der Waals surface area contributed by atoms with E-state index in [1.807, 2.05) is 30.3 Å². The summed E-state index contributed by atoms with van der Waals surface area (Å²) in [6, 6.07) is 9.37. The van der Waals surface area contributed by atoms with E-state index in [4.69, 9.17) is 4.74 Å². The van der Waals surface area contributed by atoms with Crippen LogP contribution in [0.5, 0.6) is 0 Å². The summed E-state index contributed by atoms with van der Waals surface area (Å²) in [6.45, 7) is 2.58. The van der Waals surface area contributed by atoms with Crippen LogP contribution in [0.4, 0.5) is 0 Å². The van der Waals surface area contributed by atoms with Gasteiger partial charge in [0.05, 0.1) is 12.8 Å². The Bertz CT molecular complexity index is 1030. The number of para-hydroxylation sites is 1. The van der Waals surface area contributed by atoms with E-state index >= 15 is 0 Å². The average Bonchev–Trinajstić information content (AvgIpc) is 2.89. The van der Waals surface area contributed by atoms with Gasteiger partial charge in [0.1, 0.15) is 10.8 Å².